The first-order valence-electron chi connectivity index (χ1n) is 4.24. The fourth-order valence-corrected chi connectivity index (χ4v) is 2.65. The van der Waals surface area contributed by atoms with Crippen LogP contribution in [-0.2, 0) is 4.79 Å². The molecule has 1 spiro atoms. The zero-order valence-electron chi connectivity index (χ0n) is 7.18. The molecule has 2 N–H and O–H groups in total. The van der Waals surface area contributed by atoms with Gasteiger partial charge in [-0.1, -0.05) is 0 Å². The molecule has 1 saturated carbocycles. The van der Waals surface area contributed by atoms with Crippen LogP contribution in [0.4, 0.5) is 0 Å². The molecule has 5 heteroatoms. The number of halogens is 2. The second-order valence-electron chi connectivity index (χ2n) is 3.81. The first kappa shape index (κ1) is 11.1. The van der Waals surface area contributed by atoms with Gasteiger partial charge in [0.2, 0.25) is 0 Å². The lowest BCUT2D eigenvalue weighted by atomic mass is 9.92. The maximum Gasteiger partial charge on any atom is 0.325 e. The predicted molar refractivity (Wildman–Crippen MR) is 52.6 cm³/mol. The second kappa shape index (κ2) is 3.30. The number of hydrogen-bond acceptors (Lipinski definition) is 2. The number of hydrogen-bond donors (Lipinski definition) is 2. The summed E-state index contributed by atoms with van der Waals surface area (Å²) in [7, 11) is 0. The van der Waals surface area contributed by atoms with E-state index in [1.54, 1.807) is 0 Å². The van der Waals surface area contributed by atoms with E-state index in [0.717, 1.165) is 25.9 Å². The summed E-state index contributed by atoms with van der Waals surface area (Å²) in [4.78, 5) is 9.87. The smallest absolute Gasteiger partial charge is 0.325 e. The second-order valence-corrected chi connectivity index (χ2v) is 4.46. The highest BCUT2D eigenvalue weighted by molar-refractivity contribution is 6.37. The van der Waals surface area contributed by atoms with Crippen LogP contribution >= 0.6 is 24.0 Å². The van der Waals surface area contributed by atoms with Crippen LogP contribution in [0.2, 0.25) is 0 Å². The predicted octanol–water partition coefficient (Wildman–Crippen LogP) is 1.24. The van der Waals surface area contributed by atoms with Crippen LogP contribution in [0.5, 0.6) is 0 Å². The monoisotopic (exact) mass is 225 g/mol. The van der Waals surface area contributed by atoms with Crippen LogP contribution in [0, 0.1) is 5.41 Å². The number of alkyl halides is 1. The Labute approximate surface area is 88.2 Å². The quantitative estimate of drug-likeness (QED) is 0.661. The normalized spacial score (nSPS) is 35.2. The molecule has 2 rings (SSSR count). The van der Waals surface area contributed by atoms with Crippen LogP contribution in [0.1, 0.15) is 19.3 Å². The Kier molecular flexibility index (Phi) is 2.81. The van der Waals surface area contributed by atoms with E-state index in [-0.39, 0.29) is 17.8 Å². The topological polar surface area (TPSA) is 49.3 Å². The van der Waals surface area contributed by atoms with Crippen molar-refractivity contribution in [2.75, 3.05) is 13.1 Å². The van der Waals surface area contributed by atoms with Gasteiger partial charge in [0.15, 0.2) is 0 Å². The van der Waals surface area contributed by atoms with E-state index in [2.05, 4.69) is 5.32 Å². The Bertz CT molecular complexity index is 228. The molecule has 0 bridgehead atoms. The molecule has 0 aromatic heterocycles. The number of nitrogens with one attached hydrogen (secondary N) is 1. The average Bonchev–Trinajstić information content (AvgIpc) is 2.59. The van der Waals surface area contributed by atoms with Crippen LogP contribution in [0.3, 0.4) is 0 Å². The molecule has 1 atom stereocenters. The van der Waals surface area contributed by atoms with E-state index in [9.17, 15) is 4.79 Å². The number of carboxylic acids is 1. The zero-order chi connectivity index (χ0) is 8.82. The molecule has 1 saturated heterocycles. The van der Waals surface area contributed by atoms with Crippen LogP contribution in [0.15, 0.2) is 0 Å². The lowest BCUT2D eigenvalue weighted by molar-refractivity contribution is -0.138. The third-order valence-corrected chi connectivity index (χ3v) is 3.89. The van der Waals surface area contributed by atoms with Crippen molar-refractivity contribution in [3.8, 4) is 0 Å². The summed E-state index contributed by atoms with van der Waals surface area (Å²) in [5, 5.41) is 12.1. The van der Waals surface area contributed by atoms with Gasteiger partial charge in [0.05, 0.1) is 0 Å². The molecule has 2 fully saturated rings. The number of rotatable bonds is 1. The average molecular weight is 226 g/mol. The summed E-state index contributed by atoms with van der Waals surface area (Å²) in [6.07, 6.45) is 2.46. The SMILES string of the molecule is Cl.O=C(O)C1(Cl)CC12CCNCC2. The summed E-state index contributed by atoms with van der Waals surface area (Å²) in [6, 6.07) is 0. The summed E-state index contributed by atoms with van der Waals surface area (Å²) in [6.45, 7) is 1.81. The molecule has 1 heterocycles. The van der Waals surface area contributed by atoms with E-state index in [4.69, 9.17) is 16.7 Å². The van der Waals surface area contributed by atoms with Gasteiger partial charge in [-0.3, -0.25) is 4.79 Å². The molecule has 2 aliphatic rings. The van der Waals surface area contributed by atoms with E-state index in [0.29, 0.717) is 6.42 Å². The van der Waals surface area contributed by atoms with Gasteiger partial charge in [0, 0.05) is 5.41 Å². The van der Waals surface area contributed by atoms with Gasteiger partial charge in [-0.15, -0.1) is 24.0 Å². The molecule has 1 aliphatic carbocycles. The first-order chi connectivity index (χ1) is 5.61. The third kappa shape index (κ3) is 1.43. The first-order valence-corrected chi connectivity index (χ1v) is 4.62. The van der Waals surface area contributed by atoms with Crippen molar-refractivity contribution in [2.45, 2.75) is 24.1 Å². The van der Waals surface area contributed by atoms with Crippen LogP contribution < -0.4 is 5.32 Å². The molecular formula is C8H13Cl2NO2. The lowest BCUT2D eigenvalue weighted by Gasteiger charge is -2.24. The minimum Gasteiger partial charge on any atom is -0.480 e. The van der Waals surface area contributed by atoms with Gasteiger partial charge in [0.1, 0.15) is 4.87 Å². The molecule has 1 aliphatic heterocycles. The van der Waals surface area contributed by atoms with Crippen molar-refractivity contribution >= 4 is 30.0 Å². The largest absolute Gasteiger partial charge is 0.480 e. The van der Waals surface area contributed by atoms with Crippen molar-refractivity contribution in [1.82, 2.24) is 5.32 Å². The lowest BCUT2D eigenvalue weighted by Crippen LogP contribution is -2.35. The molecule has 3 nitrogen and oxygen atoms in total. The Balaban J connectivity index is 0.000000845. The Hall–Kier alpha value is 0.01000. The van der Waals surface area contributed by atoms with Crippen LogP contribution in [0.25, 0.3) is 0 Å². The summed E-state index contributed by atoms with van der Waals surface area (Å²) < 4.78 is 0. The number of carboxylic acid groups (broad SMARTS) is 1. The van der Waals surface area contributed by atoms with Gasteiger partial charge in [-0.2, -0.15) is 0 Å². The van der Waals surface area contributed by atoms with Crippen molar-refractivity contribution in [3.63, 3.8) is 0 Å². The number of aliphatic carboxylic acids is 1. The summed E-state index contributed by atoms with van der Waals surface area (Å²) in [5.41, 5.74) is -0.0916. The zero-order valence-corrected chi connectivity index (χ0v) is 8.75. The highest BCUT2D eigenvalue weighted by Crippen LogP contribution is 2.65. The van der Waals surface area contributed by atoms with E-state index < -0.39 is 10.8 Å². The fourth-order valence-electron chi connectivity index (χ4n) is 2.20. The van der Waals surface area contributed by atoms with Gasteiger partial charge in [-0.05, 0) is 32.4 Å². The van der Waals surface area contributed by atoms with E-state index >= 15 is 0 Å². The maximum atomic E-state index is 10.8. The summed E-state index contributed by atoms with van der Waals surface area (Å²) in [5.74, 6) is -0.842. The highest BCUT2D eigenvalue weighted by atomic mass is 35.5. The maximum absolute atomic E-state index is 10.8. The minimum atomic E-state index is -0.935. The Morgan fingerprint density at radius 2 is 1.92 bits per heavy atom. The van der Waals surface area contributed by atoms with Gasteiger partial charge in [0.25, 0.3) is 0 Å². The molecule has 0 amide bonds. The molecule has 1 unspecified atom stereocenters. The highest BCUT2D eigenvalue weighted by Gasteiger charge is 2.71. The fraction of sp³-hybridized carbons (Fsp3) is 0.875. The molecule has 0 aromatic rings. The molecular weight excluding hydrogens is 213 g/mol. The van der Waals surface area contributed by atoms with Gasteiger partial charge in [-0.25, -0.2) is 0 Å². The van der Waals surface area contributed by atoms with Crippen molar-refractivity contribution in [3.05, 3.63) is 0 Å². The van der Waals surface area contributed by atoms with Crippen molar-refractivity contribution in [1.29, 1.82) is 0 Å². The molecule has 0 radical (unpaired) electrons. The number of carbonyl (C=O) groups is 1. The van der Waals surface area contributed by atoms with Crippen molar-refractivity contribution < 1.29 is 9.90 Å². The molecule has 76 valence electrons. The standard InChI is InChI=1S/C8H12ClNO2.ClH/c9-8(6(11)12)5-7(8)1-3-10-4-2-7;/h10H,1-5H2,(H,11,12);1H. The Morgan fingerprint density at radius 1 is 1.38 bits per heavy atom. The molecule has 0 aromatic carbocycles. The third-order valence-electron chi connectivity index (χ3n) is 3.20. The number of piperidine rings is 1. The summed E-state index contributed by atoms with van der Waals surface area (Å²) >= 11 is 5.99. The minimum absolute atomic E-state index is 0. The van der Waals surface area contributed by atoms with E-state index in [1.165, 1.54) is 0 Å². The van der Waals surface area contributed by atoms with E-state index in [1.807, 2.05) is 0 Å². The van der Waals surface area contributed by atoms with Gasteiger partial charge < -0.3 is 10.4 Å². The van der Waals surface area contributed by atoms with Gasteiger partial charge >= 0.3 is 5.97 Å². The van der Waals surface area contributed by atoms with Crippen molar-refractivity contribution in [2.24, 2.45) is 5.41 Å². The molecule has 13 heavy (non-hydrogen) atoms. The Morgan fingerprint density at radius 3 is 2.31 bits per heavy atom. The van der Waals surface area contributed by atoms with Crippen LogP contribution in [-0.4, -0.2) is 29.0 Å².